The third kappa shape index (κ3) is 7.73. The molecule has 0 aromatic carbocycles. The number of hydrogen-bond donors (Lipinski definition) is 0. The maximum absolute atomic E-state index is 5.03. The van der Waals surface area contributed by atoms with E-state index in [1.54, 1.807) is 19.5 Å². The van der Waals surface area contributed by atoms with Crippen LogP contribution in [0.25, 0.3) is 0 Å². The van der Waals surface area contributed by atoms with Gasteiger partial charge in [0.15, 0.2) is 5.75 Å². The zero-order valence-electron chi connectivity index (χ0n) is 10.6. The van der Waals surface area contributed by atoms with Gasteiger partial charge in [0, 0.05) is 0 Å². The molecule has 1 aromatic rings. The summed E-state index contributed by atoms with van der Waals surface area (Å²) >= 11 is 0. The van der Waals surface area contributed by atoms with Gasteiger partial charge in [-0.3, -0.25) is 0 Å². The van der Waals surface area contributed by atoms with E-state index in [2.05, 4.69) is 9.97 Å². The summed E-state index contributed by atoms with van der Waals surface area (Å²) in [6.45, 7) is 10.5. The Morgan fingerprint density at radius 2 is 1.53 bits per heavy atom. The van der Waals surface area contributed by atoms with Crippen LogP contribution in [0.4, 0.5) is 0 Å². The molecule has 0 saturated heterocycles. The van der Waals surface area contributed by atoms with E-state index < -0.39 is 0 Å². The van der Waals surface area contributed by atoms with Gasteiger partial charge in [-0.15, -0.1) is 0 Å². The summed E-state index contributed by atoms with van der Waals surface area (Å²) in [5, 5.41) is 0. The van der Waals surface area contributed by atoms with Crippen LogP contribution in [-0.2, 0) is 0 Å². The minimum atomic E-state index is 0.383. The molecular weight excluding hydrogens is 192 g/mol. The van der Waals surface area contributed by atoms with E-state index in [1.807, 2.05) is 34.6 Å². The minimum absolute atomic E-state index is 0.383. The molecule has 0 aliphatic heterocycles. The van der Waals surface area contributed by atoms with E-state index in [0.717, 1.165) is 0 Å². The first-order chi connectivity index (χ1) is 7.36. The van der Waals surface area contributed by atoms with Crippen molar-refractivity contribution in [1.82, 2.24) is 9.97 Å². The average molecular weight is 214 g/mol. The van der Waals surface area contributed by atoms with Crippen LogP contribution in [0.1, 0.15) is 34.6 Å². The van der Waals surface area contributed by atoms with Crippen molar-refractivity contribution < 1.29 is 9.47 Å². The molecule has 0 atom stereocenters. The molecule has 1 rings (SSSR count). The van der Waals surface area contributed by atoms with Gasteiger partial charge in [-0.2, -0.15) is 9.97 Å². The second kappa shape index (κ2) is 12.7. The lowest BCUT2D eigenvalue weighted by atomic mass is 10.6. The van der Waals surface area contributed by atoms with Crippen LogP contribution in [0.15, 0.2) is 12.4 Å². The van der Waals surface area contributed by atoms with Crippen molar-refractivity contribution in [3.05, 3.63) is 12.4 Å². The highest BCUT2D eigenvalue weighted by atomic mass is 16.5. The standard InChI is InChI=1S/C7H10N2O2.2C2H6/c1-3-11-7-8-4-6(10-2)5-9-7;2*1-2/h4-5H,3H2,1-2H3;2*1-2H3. The van der Waals surface area contributed by atoms with Crippen molar-refractivity contribution in [3.8, 4) is 11.8 Å². The SMILES string of the molecule is CC.CC.CCOc1ncc(OC)cn1. The Hall–Kier alpha value is -1.32. The fourth-order valence-corrected chi connectivity index (χ4v) is 0.613. The van der Waals surface area contributed by atoms with Crippen molar-refractivity contribution in [2.45, 2.75) is 34.6 Å². The molecule has 0 aliphatic carbocycles. The first-order valence-electron chi connectivity index (χ1n) is 5.35. The summed E-state index contributed by atoms with van der Waals surface area (Å²) in [6.07, 6.45) is 3.13. The lowest BCUT2D eigenvalue weighted by Gasteiger charge is -2.00. The topological polar surface area (TPSA) is 44.2 Å². The Morgan fingerprint density at radius 1 is 1.07 bits per heavy atom. The third-order valence-corrected chi connectivity index (χ3v) is 1.11. The van der Waals surface area contributed by atoms with Gasteiger partial charge in [-0.05, 0) is 6.92 Å². The van der Waals surface area contributed by atoms with Crippen LogP contribution >= 0.6 is 0 Å². The van der Waals surface area contributed by atoms with E-state index in [4.69, 9.17) is 9.47 Å². The molecule has 0 fully saturated rings. The van der Waals surface area contributed by atoms with Crippen molar-refractivity contribution >= 4 is 0 Å². The summed E-state index contributed by atoms with van der Waals surface area (Å²) < 4.78 is 9.89. The Labute approximate surface area is 92.7 Å². The summed E-state index contributed by atoms with van der Waals surface area (Å²) in [5.74, 6) is 0.633. The van der Waals surface area contributed by atoms with Gasteiger partial charge in [0.1, 0.15) is 0 Å². The fraction of sp³-hybridized carbons (Fsp3) is 0.636. The largest absolute Gasteiger partial charge is 0.494 e. The average Bonchev–Trinajstić information content (AvgIpc) is 2.36. The van der Waals surface area contributed by atoms with Gasteiger partial charge in [0.2, 0.25) is 0 Å². The highest BCUT2D eigenvalue weighted by Crippen LogP contribution is 2.07. The Bertz CT molecular complexity index is 212. The Morgan fingerprint density at radius 3 is 1.87 bits per heavy atom. The number of rotatable bonds is 3. The predicted molar refractivity (Wildman–Crippen MR) is 62.4 cm³/mol. The van der Waals surface area contributed by atoms with Crippen molar-refractivity contribution in [3.63, 3.8) is 0 Å². The molecule has 4 heteroatoms. The minimum Gasteiger partial charge on any atom is -0.494 e. The first kappa shape index (κ1) is 16.1. The van der Waals surface area contributed by atoms with Crippen molar-refractivity contribution in [2.75, 3.05) is 13.7 Å². The van der Waals surface area contributed by atoms with Crippen LogP contribution in [0, 0.1) is 0 Å². The lowest BCUT2D eigenvalue weighted by Crippen LogP contribution is -1.97. The van der Waals surface area contributed by atoms with E-state index in [9.17, 15) is 0 Å². The van der Waals surface area contributed by atoms with Crippen molar-refractivity contribution in [2.24, 2.45) is 0 Å². The monoisotopic (exact) mass is 214 g/mol. The molecule has 0 bridgehead atoms. The third-order valence-electron chi connectivity index (χ3n) is 1.11. The number of methoxy groups -OCH3 is 1. The summed E-state index contributed by atoms with van der Waals surface area (Å²) in [6, 6.07) is 0.383. The van der Waals surface area contributed by atoms with E-state index in [1.165, 1.54) is 0 Å². The maximum Gasteiger partial charge on any atom is 0.316 e. The normalized spacial score (nSPS) is 7.60. The zero-order valence-corrected chi connectivity index (χ0v) is 10.6. The Kier molecular flexibility index (Phi) is 13.6. The molecule has 0 aliphatic rings. The predicted octanol–water partition coefficient (Wildman–Crippen LogP) is 2.94. The Balaban J connectivity index is 0. The van der Waals surface area contributed by atoms with E-state index in [0.29, 0.717) is 18.4 Å². The van der Waals surface area contributed by atoms with Crippen LogP contribution in [0.2, 0.25) is 0 Å². The number of hydrogen-bond acceptors (Lipinski definition) is 4. The molecule has 0 N–H and O–H groups in total. The van der Waals surface area contributed by atoms with E-state index >= 15 is 0 Å². The van der Waals surface area contributed by atoms with Crippen molar-refractivity contribution in [1.29, 1.82) is 0 Å². The molecule has 0 saturated carbocycles. The second-order valence-electron chi connectivity index (χ2n) is 1.84. The second-order valence-corrected chi connectivity index (χ2v) is 1.84. The van der Waals surface area contributed by atoms with Crippen LogP contribution in [0.3, 0.4) is 0 Å². The quantitative estimate of drug-likeness (QED) is 0.776. The van der Waals surface area contributed by atoms with Crippen LogP contribution < -0.4 is 9.47 Å². The molecule has 1 aromatic heterocycles. The number of aromatic nitrogens is 2. The molecule has 0 spiro atoms. The van der Waals surface area contributed by atoms with Gasteiger partial charge < -0.3 is 9.47 Å². The molecule has 4 nitrogen and oxygen atoms in total. The molecule has 1 heterocycles. The molecule has 88 valence electrons. The van der Waals surface area contributed by atoms with Gasteiger partial charge in [-0.25, -0.2) is 0 Å². The van der Waals surface area contributed by atoms with Crippen LogP contribution in [-0.4, -0.2) is 23.7 Å². The smallest absolute Gasteiger partial charge is 0.316 e. The summed E-state index contributed by atoms with van der Waals surface area (Å²) in [5.41, 5.74) is 0. The molecule has 15 heavy (non-hydrogen) atoms. The zero-order chi connectivity index (χ0) is 12.1. The van der Waals surface area contributed by atoms with Crippen LogP contribution in [0.5, 0.6) is 11.8 Å². The summed E-state index contributed by atoms with van der Waals surface area (Å²) in [7, 11) is 1.57. The summed E-state index contributed by atoms with van der Waals surface area (Å²) in [4.78, 5) is 7.76. The van der Waals surface area contributed by atoms with Gasteiger partial charge in [0.05, 0.1) is 26.1 Å². The molecule has 0 radical (unpaired) electrons. The number of ether oxygens (including phenoxy) is 2. The highest BCUT2D eigenvalue weighted by Gasteiger charge is 1.95. The molecular formula is C11H22N2O2. The number of nitrogens with zero attached hydrogens (tertiary/aromatic N) is 2. The maximum atomic E-state index is 5.03. The molecule has 0 amide bonds. The van der Waals surface area contributed by atoms with Gasteiger partial charge in [-0.1, -0.05) is 27.7 Å². The van der Waals surface area contributed by atoms with E-state index in [-0.39, 0.29) is 0 Å². The molecule has 0 unspecified atom stereocenters. The van der Waals surface area contributed by atoms with Gasteiger partial charge in [0.25, 0.3) is 0 Å². The van der Waals surface area contributed by atoms with Gasteiger partial charge >= 0.3 is 6.01 Å². The highest BCUT2D eigenvalue weighted by molar-refractivity contribution is 5.13. The first-order valence-corrected chi connectivity index (χ1v) is 5.35. The lowest BCUT2D eigenvalue weighted by molar-refractivity contribution is 0.309. The fourth-order valence-electron chi connectivity index (χ4n) is 0.613.